The molecule has 0 amide bonds. The molecule has 0 aliphatic heterocycles. The molecule has 0 bridgehead atoms. The molecule has 1 heterocycles. The minimum atomic E-state index is -4.77. The monoisotopic (exact) mass is 335 g/mol. The lowest BCUT2D eigenvalue weighted by Gasteiger charge is -2.11. The van der Waals surface area contributed by atoms with Crippen molar-refractivity contribution in [2.24, 2.45) is 7.05 Å². The minimum absolute atomic E-state index is 0.0974. The number of alkyl halides is 3. The van der Waals surface area contributed by atoms with Crippen LogP contribution in [0.1, 0.15) is 10.5 Å². The number of para-hydroxylation sites is 1. The smallest absolute Gasteiger partial charge is 0.477 e. The Bertz CT molecular complexity index is 928. The van der Waals surface area contributed by atoms with Gasteiger partial charge in [0.05, 0.1) is 5.52 Å². The van der Waals surface area contributed by atoms with Crippen molar-refractivity contribution in [2.75, 3.05) is 0 Å². The Kier molecular flexibility index (Phi) is 3.71. The van der Waals surface area contributed by atoms with E-state index in [1.807, 2.05) is 0 Å². The number of aromatic carboxylic acids is 1. The zero-order valence-electron chi connectivity index (χ0n) is 12.5. The van der Waals surface area contributed by atoms with Crippen molar-refractivity contribution in [3.63, 3.8) is 0 Å². The Balaban J connectivity index is 2.16. The fourth-order valence-corrected chi connectivity index (χ4v) is 2.72. The van der Waals surface area contributed by atoms with Crippen LogP contribution in [0.15, 0.2) is 48.5 Å². The zero-order valence-corrected chi connectivity index (χ0v) is 12.5. The zero-order chi connectivity index (χ0) is 17.5. The molecule has 2 aromatic carbocycles. The fraction of sp³-hybridized carbons (Fsp3) is 0.118. The van der Waals surface area contributed by atoms with Gasteiger partial charge >= 0.3 is 12.3 Å². The fourth-order valence-electron chi connectivity index (χ4n) is 2.72. The van der Waals surface area contributed by atoms with Crippen molar-refractivity contribution >= 4 is 16.9 Å². The van der Waals surface area contributed by atoms with Crippen LogP contribution in [0.25, 0.3) is 22.0 Å². The molecule has 0 aliphatic carbocycles. The Morgan fingerprint density at radius 1 is 1.12 bits per heavy atom. The number of carboxylic acids is 1. The molecule has 3 aromatic rings. The number of hydrogen-bond acceptors (Lipinski definition) is 2. The van der Waals surface area contributed by atoms with Crippen molar-refractivity contribution in [3.8, 4) is 16.9 Å². The van der Waals surface area contributed by atoms with Crippen LogP contribution in [-0.4, -0.2) is 22.0 Å². The standard InChI is InChI=1S/C17H12F3NO3/c1-21-14(16(22)23)9-11-5-3-7-13(15(11)21)10-4-2-6-12(8-10)24-17(18,19)20/h2-9H,1H3,(H,22,23). The number of rotatable bonds is 3. The molecule has 1 N–H and O–H groups in total. The Morgan fingerprint density at radius 2 is 1.83 bits per heavy atom. The maximum atomic E-state index is 12.4. The average Bonchev–Trinajstić information content (AvgIpc) is 2.83. The van der Waals surface area contributed by atoms with Gasteiger partial charge in [-0.1, -0.05) is 30.3 Å². The summed E-state index contributed by atoms with van der Waals surface area (Å²) in [7, 11) is 1.60. The second kappa shape index (κ2) is 5.59. The van der Waals surface area contributed by atoms with Gasteiger partial charge in [-0.3, -0.25) is 0 Å². The highest BCUT2D eigenvalue weighted by atomic mass is 19.4. The number of aryl methyl sites for hydroxylation is 1. The quantitative estimate of drug-likeness (QED) is 0.770. The van der Waals surface area contributed by atoms with Crippen LogP contribution in [0.4, 0.5) is 13.2 Å². The first-order valence-electron chi connectivity index (χ1n) is 6.94. The van der Waals surface area contributed by atoms with Crippen LogP contribution >= 0.6 is 0 Å². The third-order valence-electron chi connectivity index (χ3n) is 3.65. The SMILES string of the molecule is Cn1c(C(=O)O)cc2cccc(-c3cccc(OC(F)(F)F)c3)c21. The van der Waals surface area contributed by atoms with Gasteiger partial charge in [0, 0.05) is 18.0 Å². The van der Waals surface area contributed by atoms with Crippen molar-refractivity contribution in [1.29, 1.82) is 0 Å². The summed E-state index contributed by atoms with van der Waals surface area (Å²) < 4.78 is 42.6. The van der Waals surface area contributed by atoms with Gasteiger partial charge in [0.15, 0.2) is 0 Å². The maximum Gasteiger partial charge on any atom is 0.573 e. The van der Waals surface area contributed by atoms with E-state index < -0.39 is 12.3 Å². The van der Waals surface area contributed by atoms with Gasteiger partial charge in [0.1, 0.15) is 11.4 Å². The van der Waals surface area contributed by atoms with E-state index in [9.17, 15) is 23.1 Å². The molecular formula is C17H12F3NO3. The van der Waals surface area contributed by atoms with E-state index in [4.69, 9.17) is 0 Å². The number of halogens is 3. The highest BCUT2D eigenvalue weighted by Gasteiger charge is 2.31. The molecule has 4 nitrogen and oxygen atoms in total. The molecule has 24 heavy (non-hydrogen) atoms. The first kappa shape index (κ1) is 15.9. The molecule has 0 atom stereocenters. The number of nitrogens with zero attached hydrogens (tertiary/aromatic N) is 1. The lowest BCUT2D eigenvalue weighted by molar-refractivity contribution is -0.274. The summed E-state index contributed by atoms with van der Waals surface area (Å²) in [6.45, 7) is 0. The summed E-state index contributed by atoms with van der Waals surface area (Å²) in [5.74, 6) is -1.40. The van der Waals surface area contributed by atoms with E-state index >= 15 is 0 Å². The topological polar surface area (TPSA) is 51.5 Å². The van der Waals surface area contributed by atoms with Crippen molar-refractivity contribution in [1.82, 2.24) is 4.57 Å². The van der Waals surface area contributed by atoms with Crippen LogP contribution in [0, 0.1) is 0 Å². The first-order chi connectivity index (χ1) is 11.3. The van der Waals surface area contributed by atoms with Crippen molar-refractivity contribution < 1.29 is 27.8 Å². The number of fused-ring (bicyclic) bond motifs is 1. The Morgan fingerprint density at radius 3 is 2.50 bits per heavy atom. The number of hydrogen-bond donors (Lipinski definition) is 1. The third-order valence-corrected chi connectivity index (χ3v) is 3.65. The molecule has 0 saturated carbocycles. The minimum Gasteiger partial charge on any atom is -0.477 e. The van der Waals surface area contributed by atoms with Gasteiger partial charge < -0.3 is 14.4 Å². The molecule has 1 aromatic heterocycles. The van der Waals surface area contributed by atoms with Crippen molar-refractivity contribution in [3.05, 3.63) is 54.2 Å². The second-order valence-electron chi connectivity index (χ2n) is 5.21. The van der Waals surface area contributed by atoms with Crippen LogP contribution in [0.2, 0.25) is 0 Å². The third kappa shape index (κ3) is 2.92. The molecule has 124 valence electrons. The summed E-state index contributed by atoms with van der Waals surface area (Å²) in [5, 5.41) is 9.92. The van der Waals surface area contributed by atoms with Crippen LogP contribution < -0.4 is 4.74 Å². The maximum absolute atomic E-state index is 12.4. The summed E-state index contributed by atoms with van der Waals surface area (Å²) >= 11 is 0. The van der Waals surface area contributed by atoms with E-state index in [0.29, 0.717) is 22.0 Å². The normalized spacial score (nSPS) is 11.7. The average molecular weight is 335 g/mol. The predicted octanol–water partition coefficient (Wildman–Crippen LogP) is 4.44. The number of ether oxygens (including phenoxy) is 1. The van der Waals surface area contributed by atoms with Gasteiger partial charge in [-0.15, -0.1) is 13.2 Å². The van der Waals surface area contributed by atoms with E-state index in [1.165, 1.54) is 28.8 Å². The molecule has 0 fully saturated rings. The second-order valence-corrected chi connectivity index (χ2v) is 5.21. The summed E-state index contributed by atoms with van der Waals surface area (Å²) in [6, 6.07) is 12.3. The molecule has 0 aliphatic rings. The van der Waals surface area contributed by atoms with Crippen LogP contribution in [0.5, 0.6) is 5.75 Å². The van der Waals surface area contributed by atoms with E-state index in [1.54, 1.807) is 31.3 Å². The largest absolute Gasteiger partial charge is 0.573 e. The van der Waals surface area contributed by atoms with Crippen LogP contribution in [0.3, 0.4) is 0 Å². The van der Waals surface area contributed by atoms with E-state index in [0.717, 1.165) is 0 Å². The summed E-state index contributed by atoms with van der Waals surface area (Å²) in [5.41, 5.74) is 1.84. The van der Waals surface area contributed by atoms with E-state index in [-0.39, 0.29) is 11.4 Å². The molecule has 0 spiro atoms. The van der Waals surface area contributed by atoms with Gasteiger partial charge in [0.2, 0.25) is 0 Å². The molecule has 0 radical (unpaired) electrons. The van der Waals surface area contributed by atoms with Crippen molar-refractivity contribution in [2.45, 2.75) is 6.36 Å². The molecule has 7 heteroatoms. The van der Waals surface area contributed by atoms with E-state index in [2.05, 4.69) is 4.74 Å². The highest BCUT2D eigenvalue weighted by Crippen LogP contribution is 2.33. The first-order valence-corrected chi connectivity index (χ1v) is 6.94. The molecule has 0 unspecified atom stereocenters. The van der Waals surface area contributed by atoms with Gasteiger partial charge in [-0.2, -0.15) is 0 Å². The number of aromatic nitrogens is 1. The van der Waals surface area contributed by atoms with Gasteiger partial charge in [0.25, 0.3) is 0 Å². The lowest BCUT2D eigenvalue weighted by atomic mass is 10.0. The van der Waals surface area contributed by atoms with Gasteiger partial charge in [-0.05, 0) is 23.8 Å². The Labute approximate surface area is 134 Å². The lowest BCUT2D eigenvalue weighted by Crippen LogP contribution is -2.17. The molecule has 0 saturated heterocycles. The van der Waals surface area contributed by atoms with Gasteiger partial charge in [-0.25, -0.2) is 4.79 Å². The summed E-state index contributed by atoms with van der Waals surface area (Å²) in [4.78, 5) is 11.3. The van der Waals surface area contributed by atoms with Crippen LogP contribution in [-0.2, 0) is 7.05 Å². The number of carboxylic acid groups (broad SMARTS) is 1. The molecule has 3 rings (SSSR count). The Hall–Kier alpha value is -2.96. The predicted molar refractivity (Wildman–Crippen MR) is 82.0 cm³/mol. The number of carbonyl (C=O) groups is 1. The number of benzene rings is 2. The summed E-state index contributed by atoms with van der Waals surface area (Å²) in [6.07, 6.45) is -4.77. The molecular weight excluding hydrogens is 323 g/mol. The highest BCUT2D eigenvalue weighted by molar-refractivity contribution is 6.00.